The summed E-state index contributed by atoms with van der Waals surface area (Å²) in [5.74, 6) is 0. The van der Waals surface area contributed by atoms with Crippen molar-refractivity contribution >= 4 is 6.47 Å². The first kappa shape index (κ1) is 19.7. The molecule has 1 aromatic rings. The first-order chi connectivity index (χ1) is 9.26. The van der Waals surface area contributed by atoms with Gasteiger partial charge in [0.05, 0.1) is 0 Å². The van der Waals surface area contributed by atoms with Crippen LogP contribution in [0.4, 0.5) is 0 Å². The molecular formula is C16H27NO2. The van der Waals surface area contributed by atoms with Crippen LogP contribution in [-0.4, -0.2) is 20.1 Å². The Morgan fingerprint density at radius 3 is 2.26 bits per heavy atom. The number of hydrogen-bond acceptors (Lipinski definition) is 3. The van der Waals surface area contributed by atoms with Crippen LogP contribution in [-0.2, 0) is 16.1 Å². The Morgan fingerprint density at radius 2 is 1.89 bits per heavy atom. The number of carbonyl (C=O) groups is 1. The van der Waals surface area contributed by atoms with Crippen molar-refractivity contribution in [2.24, 2.45) is 0 Å². The number of ether oxygens (including phenoxy) is 1. The fourth-order valence-electron chi connectivity index (χ4n) is 1.06. The number of rotatable bonds is 6. The maximum absolute atomic E-state index is 9.76. The molecule has 108 valence electrons. The molecule has 19 heavy (non-hydrogen) atoms. The Kier molecular flexibility index (Phi) is 19.5. The summed E-state index contributed by atoms with van der Waals surface area (Å²) in [5, 5.41) is 3.07. The summed E-state index contributed by atoms with van der Waals surface area (Å²) in [5.41, 5.74) is 1.01. The first-order valence-electron chi connectivity index (χ1n) is 6.57. The van der Waals surface area contributed by atoms with Crippen LogP contribution in [0.3, 0.4) is 0 Å². The predicted molar refractivity (Wildman–Crippen MR) is 82.0 cm³/mol. The molecule has 1 N–H and O–H groups in total. The minimum Gasteiger partial charge on any atom is -0.463 e. The molecule has 0 aliphatic heterocycles. The molecule has 0 saturated carbocycles. The van der Waals surface area contributed by atoms with E-state index in [-0.39, 0.29) is 0 Å². The van der Waals surface area contributed by atoms with E-state index in [4.69, 9.17) is 0 Å². The minimum atomic E-state index is 0.365. The molecule has 0 spiro atoms. The van der Waals surface area contributed by atoms with Gasteiger partial charge in [-0.2, -0.15) is 0 Å². The van der Waals surface area contributed by atoms with Crippen LogP contribution in [0.5, 0.6) is 0 Å². The summed E-state index contributed by atoms with van der Waals surface area (Å²) in [6.07, 6.45) is 4.34. The molecule has 1 rings (SSSR count). The fourth-order valence-corrected chi connectivity index (χ4v) is 1.06. The Balaban J connectivity index is 0. The van der Waals surface area contributed by atoms with E-state index in [9.17, 15) is 4.79 Å². The number of nitrogens with one attached hydrogen (secondary N) is 1. The zero-order valence-corrected chi connectivity index (χ0v) is 12.4. The third kappa shape index (κ3) is 18.9. The van der Waals surface area contributed by atoms with Crippen molar-refractivity contribution in [3.8, 4) is 0 Å². The number of hydrogen-bond donors (Lipinski definition) is 1. The predicted octanol–water partition coefficient (Wildman–Crippen LogP) is 3.56. The van der Waals surface area contributed by atoms with Crippen LogP contribution < -0.4 is 5.32 Å². The third-order valence-electron chi connectivity index (χ3n) is 1.94. The lowest BCUT2D eigenvalue weighted by molar-refractivity contribution is -0.129. The monoisotopic (exact) mass is 265 g/mol. The van der Waals surface area contributed by atoms with Gasteiger partial charge < -0.3 is 10.1 Å². The average Bonchev–Trinajstić information content (AvgIpc) is 2.45. The van der Waals surface area contributed by atoms with Crippen molar-refractivity contribution in [1.82, 2.24) is 5.32 Å². The Hall–Kier alpha value is -1.61. The van der Waals surface area contributed by atoms with Gasteiger partial charge in [0, 0.05) is 0 Å². The number of carbonyl (C=O) groups excluding carboxylic acids is 1. The molecule has 0 aliphatic carbocycles. The lowest BCUT2D eigenvalue weighted by Crippen LogP contribution is -2.06. The molecule has 0 amide bonds. The molecule has 0 bridgehead atoms. The van der Waals surface area contributed by atoms with Crippen molar-refractivity contribution < 1.29 is 9.53 Å². The second-order valence-corrected chi connectivity index (χ2v) is 3.76. The Labute approximate surface area is 117 Å². The van der Waals surface area contributed by atoms with Crippen molar-refractivity contribution in [2.45, 2.75) is 33.3 Å². The number of unbranched alkanes of at least 4 members (excludes halogenated alkanes) is 1. The summed E-state index contributed by atoms with van der Waals surface area (Å²) in [7, 11) is 1.98. The molecule has 0 saturated heterocycles. The lowest BCUT2D eigenvalue weighted by atomic mass is 10.2. The molecule has 3 heteroatoms. The van der Waals surface area contributed by atoms with Gasteiger partial charge in [-0.05, 0) is 32.5 Å². The largest absolute Gasteiger partial charge is 0.463 e. The second-order valence-electron chi connectivity index (χ2n) is 3.76. The third-order valence-corrected chi connectivity index (χ3v) is 1.94. The average molecular weight is 265 g/mol. The van der Waals surface area contributed by atoms with E-state index in [0.717, 1.165) is 12.1 Å². The van der Waals surface area contributed by atoms with E-state index in [1.807, 2.05) is 44.3 Å². The highest BCUT2D eigenvalue weighted by atomic mass is 16.5. The van der Waals surface area contributed by atoms with Gasteiger partial charge in [0.25, 0.3) is 6.47 Å². The standard InChI is InChI=1S/C8H8O2.C5H13N.C3H6/c9-7-10-6-8-4-2-1-3-5-8;1-3-4-5-6-2;1-3-2/h1-5,7H,6H2;6H,3-5H2,1-2H3;3H,1H2,2H3. The first-order valence-corrected chi connectivity index (χ1v) is 6.57. The van der Waals surface area contributed by atoms with Gasteiger partial charge in [-0.25, -0.2) is 0 Å². The van der Waals surface area contributed by atoms with Crippen LogP contribution in [0.2, 0.25) is 0 Å². The van der Waals surface area contributed by atoms with Crippen LogP contribution in [0, 0.1) is 0 Å². The Morgan fingerprint density at radius 1 is 1.32 bits per heavy atom. The molecule has 0 fully saturated rings. The Bertz CT molecular complexity index is 282. The summed E-state index contributed by atoms with van der Waals surface area (Å²) in [4.78, 5) is 9.76. The molecule has 0 aromatic heterocycles. The van der Waals surface area contributed by atoms with Gasteiger partial charge in [-0.1, -0.05) is 49.8 Å². The summed E-state index contributed by atoms with van der Waals surface area (Å²) >= 11 is 0. The topological polar surface area (TPSA) is 38.3 Å². The van der Waals surface area contributed by atoms with E-state index in [1.165, 1.54) is 12.8 Å². The van der Waals surface area contributed by atoms with Crippen molar-refractivity contribution in [3.05, 3.63) is 48.6 Å². The van der Waals surface area contributed by atoms with Gasteiger partial charge in [0.2, 0.25) is 0 Å². The molecular weight excluding hydrogens is 238 g/mol. The maximum atomic E-state index is 9.76. The molecule has 0 heterocycles. The maximum Gasteiger partial charge on any atom is 0.293 e. The van der Waals surface area contributed by atoms with Gasteiger partial charge in [-0.15, -0.1) is 6.58 Å². The van der Waals surface area contributed by atoms with Crippen LogP contribution in [0.25, 0.3) is 0 Å². The zero-order chi connectivity index (χ0) is 14.8. The second kappa shape index (κ2) is 18.7. The quantitative estimate of drug-likeness (QED) is 0.485. The smallest absolute Gasteiger partial charge is 0.293 e. The molecule has 3 nitrogen and oxygen atoms in total. The van der Waals surface area contributed by atoms with Crippen molar-refractivity contribution in [1.29, 1.82) is 0 Å². The summed E-state index contributed by atoms with van der Waals surface area (Å²) in [6.45, 7) is 9.42. The number of allylic oxidation sites excluding steroid dienone is 1. The van der Waals surface area contributed by atoms with E-state index >= 15 is 0 Å². The van der Waals surface area contributed by atoms with E-state index in [2.05, 4.69) is 23.6 Å². The van der Waals surface area contributed by atoms with Crippen LogP contribution in [0.15, 0.2) is 43.0 Å². The van der Waals surface area contributed by atoms with Gasteiger partial charge in [0.1, 0.15) is 6.61 Å². The van der Waals surface area contributed by atoms with Gasteiger partial charge in [-0.3, -0.25) is 4.79 Å². The van der Waals surface area contributed by atoms with Gasteiger partial charge in [0.15, 0.2) is 0 Å². The molecule has 0 unspecified atom stereocenters. The van der Waals surface area contributed by atoms with Crippen molar-refractivity contribution in [3.63, 3.8) is 0 Å². The highest BCUT2D eigenvalue weighted by Gasteiger charge is 1.87. The molecule has 0 radical (unpaired) electrons. The van der Waals surface area contributed by atoms with Crippen LogP contribution >= 0.6 is 0 Å². The fraction of sp³-hybridized carbons (Fsp3) is 0.438. The molecule has 1 aromatic carbocycles. The SMILES string of the molecule is C=CC.CCCCNC.O=COCc1ccccc1. The summed E-state index contributed by atoms with van der Waals surface area (Å²) in [6, 6.07) is 9.55. The molecule has 0 aliphatic rings. The van der Waals surface area contributed by atoms with E-state index in [1.54, 1.807) is 6.08 Å². The van der Waals surface area contributed by atoms with Crippen molar-refractivity contribution in [2.75, 3.05) is 13.6 Å². The summed E-state index contributed by atoms with van der Waals surface area (Å²) < 4.78 is 4.54. The lowest BCUT2D eigenvalue weighted by Gasteiger charge is -1.95. The minimum absolute atomic E-state index is 0.365. The highest BCUT2D eigenvalue weighted by molar-refractivity contribution is 5.37. The zero-order valence-electron chi connectivity index (χ0n) is 12.4. The van der Waals surface area contributed by atoms with E-state index in [0.29, 0.717) is 13.1 Å². The van der Waals surface area contributed by atoms with Gasteiger partial charge >= 0.3 is 0 Å². The normalized spacial score (nSPS) is 8.16. The van der Waals surface area contributed by atoms with Crippen LogP contribution in [0.1, 0.15) is 32.3 Å². The molecule has 0 atom stereocenters. The van der Waals surface area contributed by atoms with E-state index < -0.39 is 0 Å². The number of benzene rings is 1. The highest BCUT2D eigenvalue weighted by Crippen LogP contribution is 1.98.